The summed E-state index contributed by atoms with van der Waals surface area (Å²) in [6.45, 7) is 3.52. The van der Waals surface area contributed by atoms with Gasteiger partial charge in [-0.15, -0.1) is 0 Å². The van der Waals surface area contributed by atoms with Crippen molar-refractivity contribution in [2.75, 3.05) is 12.3 Å². The molecule has 2 aliphatic rings. The lowest BCUT2D eigenvalue weighted by molar-refractivity contribution is 0.467. The Kier molecular flexibility index (Phi) is 3.06. The second kappa shape index (κ2) is 4.58. The third kappa shape index (κ3) is 2.39. The number of rotatable bonds is 4. The van der Waals surface area contributed by atoms with Crippen LogP contribution in [-0.4, -0.2) is 12.6 Å². The molecule has 0 aliphatic heterocycles. The molecule has 2 nitrogen and oxygen atoms in total. The van der Waals surface area contributed by atoms with Gasteiger partial charge in [0.1, 0.15) is 0 Å². The van der Waals surface area contributed by atoms with E-state index in [0.717, 1.165) is 24.2 Å². The van der Waals surface area contributed by atoms with Crippen LogP contribution < -0.4 is 11.1 Å². The second-order valence-electron chi connectivity index (χ2n) is 6.40. The average Bonchev–Trinajstić information content (AvgIpc) is 3.05. The van der Waals surface area contributed by atoms with Crippen molar-refractivity contribution in [1.29, 1.82) is 0 Å². The van der Waals surface area contributed by atoms with Crippen molar-refractivity contribution in [3.05, 3.63) is 29.8 Å². The van der Waals surface area contributed by atoms with Crippen LogP contribution in [0.15, 0.2) is 24.3 Å². The fraction of sp³-hybridized carbons (Fsp3) is 0.625. The number of benzene rings is 1. The molecule has 0 bridgehead atoms. The maximum Gasteiger partial charge on any atom is 0.0314 e. The van der Waals surface area contributed by atoms with Crippen LogP contribution in [-0.2, 0) is 5.41 Å². The molecule has 0 radical (unpaired) electrons. The van der Waals surface area contributed by atoms with Crippen molar-refractivity contribution >= 4 is 5.69 Å². The average molecular weight is 244 g/mol. The zero-order valence-electron chi connectivity index (χ0n) is 11.3. The van der Waals surface area contributed by atoms with Crippen LogP contribution in [0.25, 0.3) is 0 Å². The Hall–Kier alpha value is -1.02. The van der Waals surface area contributed by atoms with Crippen molar-refractivity contribution < 1.29 is 0 Å². The molecule has 3 rings (SSSR count). The molecule has 98 valence electrons. The highest BCUT2D eigenvalue weighted by Gasteiger charge is 2.44. The van der Waals surface area contributed by atoms with Gasteiger partial charge in [-0.1, -0.05) is 19.1 Å². The summed E-state index contributed by atoms with van der Waals surface area (Å²) in [5.41, 5.74) is 8.52. The van der Waals surface area contributed by atoms with Crippen molar-refractivity contribution in [2.45, 2.75) is 50.5 Å². The molecular weight excluding hydrogens is 220 g/mol. The number of hydrogen-bond donors (Lipinski definition) is 2. The lowest BCUT2D eigenvalue weighted by Crippen LogP contribution is -2.34. The quantitative estimate of drug-likeness (QED) is 0.799. The molecule has 0 heterocycles. The van der Waals surface area contributed by atoms with E-state index in [4.69, 9.17) is 5.73 Å². The van der Waals surface area contributed by atoms with Crippen LogP contribution in [0.4, 0.5) is 5.69 Å². The molecule has 1 aromatic carbocycles. The molecule has 2 heteroatoms. The molecule has 1 aromatic rings. The van der Waals surface area contributed by atoms with E-state index >= 15 is 0 Å². The molecule has 2 aliphatic carbocycles. The summed E-state index contributed by atoms with van der Waals surface area (Å²) in [5.74, 6) is 0.911. The van der Waals surface area contributed by atoms with Gasteiger partial charge in [-0.25, -0.2) is 0 Å². The van der Waals surface area contributed by atoms with Gasteiger partial charge in [0.15, 0.2) is 0 Å². The van der Waals surface area contributed by atoms with Crippen LogP contribution in [0.1, 0.15) is 44.6 Å². The highest BCUT2D eigenvalue weighted by molar-refractivity contribution is 5.43. The number of anilines is 1. The Morgan fingerprint density at radius 3 is 2.50 bits per heavy atom. The van der Waals surface area contributed by atoms with Crippen molar-refractivity contribution in [3.8, 4) is 0 Å². The maximum absolute atomic E-state index is 5.76. The van der Waals surface area contributed by atoms with E-state index < -0.39 is 0 Å². The molecule has 2 fully saturated rings. The van der Waals surface area contributed by atoms with Gasteiger partial charge in [-0.05, 0) is 55.7 Å². The summed E-state index contributed by atoms with van der Waals surface area (Å²) in [6.07, 6.45) is 6.77. The monoisotopic (exact) mass is 244 g/mol. The number of nitrogen functional groups attached to an aromatic ring is 1. The van der Waals surface area contributed by atoms with Gasteiger partial charge >= 0.3 is 0 Å². The first-order chi connectivity index (χ1) is 8.68. The first kappa shape index (κ1) is 12.0. The van der Waals surface area contributed by atoms with Crippen LogP contribution in [0.2, 0.25) is 0 Å². The fourth-order valence-electron chi connectivity index (χ4n) is 3.29. The molecule has 0 aromatic heterocycles. The van der Waals surface area contributed by atoms with E-state index in [1.54, 1.807) is 0 Å². The smallest absolute Gasteiger partial charge is 0.0314 e. The van der Waals surface area contributed by atoms with Crippen molar-refractivity contribution in [3.63, 3.8) is 0 Å². The Bertz CT molecular complexity index is 406. The topological polar surface area (TPSA) is 38.0 Å². The van der Waals surface area contributed by atoms with Crippen molar-refractivity contribution in [1.82, 2.24) is 5.32 Å². The van der Waals surface area contributed by atoms with E-state index in [-0.39, 0.29) is 0 Å². The molecule has 0 amide bonds. The summed E-state index contributed by atoms with van der Waals surface area (Å²) in [6, 6.07) is 9.24. The van der Waals surface area contributed by atoms with Gasteiger partial charge in [0.25, 0.3) is 0 Å². The molecular formula is C16H24N2. The van der Waals surface area contributed by atoms with Gasteiger partial charge in [0.05, 0.1) is 0 Å². The third-order valence-corrected chi connectivity index (χ3v) is 4.80. The lowest BCUT2D eigenvalue weighted by atomic mass is 9.95. The van der Waals surface area contributed by atoms with Gasteiger partial charge in [0.2, 0.25) is 0 Å². The highest BCUT2D eigenvalue weighted by atomic mass is 14.9. The Morgan fingerprint density at radius 2 is 1.94 bits per heavy atom. The van der Waals surface area contributed by atoms with Crippen molar-refractivity contribution in [2.24, 2.45) is 5.92 Å². The summed E-state index contributed by atoms with van der Waals surface area (Å²) in [5, 5.41) is 3.80. The highest BCUT2D eigenvalue weighted by Crippen LogP contribution is 2.48. The normalized spacial score (nSPS) is 29.4. The molecule has 2 atom stereocenters. The predicted molar refractivity (Wildman–Crippen MR) is 76.6 cm³/mol. The van der Waals surface area contributed by atoms with Gasteiger partial charge < -0.3 is 11.1 Å². The Labute approximate surface area is 110 Å². The van der Waals surface area contributed by atoms with E-state index in [2.05, 4.69) is 24.4 Å². The Balaban J connectivity index is 1.60. The number of nitrogens with two attached hydrogens (primary N) is 1. The standard InChI is InChI=1S/C16H24N2/c1-12-2-7-15(10-12)18-11-16(8-9-16)13-3-5-14(17)6-4-13/h3-6,12,15,18H,2,7-11,17H2,1H3. The van der Waals surface area contributed by atoms with Crippen LogP contribution in [0, 0.1) is 5.92 Å². The fourth-order valence-corrected chi connectivity index (χ4v) is 3.29. The van der Waals surface area contributed by atoms with Crippen LogP contribution in [0.5, 0.6) is 0 Å². The number of hydrogen-bond acceptors (Lipinski definition) is 2. The van der Waals surface area contributed by atoms with Crippen LogP contribution in [0.3, 0.4) is 0 Å². The second-order valence-corrected chi connectivity index (χ2v) is 6.40. The third-order valence-electron chi connectivity index (χ3n) is 4.80. The predicted octanol–water partition coefficient (Wildman–Crippen LogP) is 3.08. The number of nitrogens with one attached hydrogen (secondary N) is 1. The summed E-state index contributed by atoms with van der Waals surface area (Å²) < 4.78 is 0. The zero-order valence-corrected chi connectivity index (χ0v) is 11.3. The van der Waals surface area contributed by atoms with Gasteiger partial charge in [0, 0.05) is 23.7 Å². The molecule has 0 saturated heterocycles. The first-order valence-electron chi connectivity index (χ1n) is 7.27. The summed E-state index contributed by atoms with van der Waals surface area (Å²) in [4.78, 5) is 0. The minimum absolute atomic E-state index is 0.416. The molecule has 2 saturated carbocycles. The maximum atomic E-state index is 5.76. The SMILES string of the molecule is CC1CCC(NCC2(c3ccc(N)cc3)CC2)C1. The lowest BCUT2D eigenvalue weighted by Gasteiger charge is -2.20. The van der Waals surface area contributed by atoms with Gasteiger partial charge in [-0.3, -0.25) is 0 Å². The van der Waals surface area contributed by atoms with Gasteiger partial charge in [-0.2, -0.15) is 0 Å². The molecule has 2 unspecified atom stereocenters. The zero-order chi connectivity index (χ0) is 12.6. The molecule has 18 heavy (non-hydrogen) atoms. The molecule has 0 spiro atoms. The van der Waals surface area contributed by atoms with E-state index in [9.17, 15) is 0 Å². The summed E-state index contributed by atoms with van der Waals surface area (Å²) in [7, 11) is 0. The minimum Gasteiger partial charge on any atom is -0.399 e. The first-order valence-corrected chi connectivity index (χ1v) is 7.27. The summed E-state index contributed by atoms with van der Waals surface area (Å²) >= 11 is 0. The van der Waals surface area contributed by atoms with E-state index in [1.165, 1.54) is 37.7 Å². The van der Waals surface area contributed by atoms with E-state index in [1.807, 2.05) is 12.1 Å². The molecule has 3 N–H and O–H groups in total. The Morgan fingerprint density at radius 1 is 1.22 bits per heavy atom. The van der Waals surface area contributed by atoms with E-state index in [0.29, 0.717) is 5.41 Å². The largest absolute Gasteiger partial charge is 0.399 e. The minimum atomic E-state index is 0.416. The van der Waals surface area contributed by atoms with Crippen LogP contribution >= 0.6 is 0 Å².